The van der Waals surface area contributed by atoms with Crippen molar-refractivity contribution in [3.8, 4) is 0 Å². The van der Waals surface area contributed by atoms with Crippen LogP contribution in [0.25, 0.3) is 0 Å². The lowest BCUT2D eigenvalue weighted by Crippen LogP contribution is -2.29. The highest BCUT2D eigenvalue weighted by atomic mass is 16.5. The highest BCUT2D eigenvalue weighted by Gasteiger charge is 2.36. The summed E-state index contributed by atoms with van der Waals surface area (Å²) >= 11 is 0. The van der Waals surface area contributed by atoms with Crippen LogP contribution in [0.3, 0.4) is 0 Å². The van der Waals surface area contributed by atoms with Gasteiger partial charge in [0.2, 0.25) is 11.8 Å². The largest absolute Gasteiger partial charge is 0.459 e. The van der Waals surface area contributed by atoms with E-state index in [0.29, 0.717) is 17.8 Å². The number of hydrogen-bond acceptors (Lipinski definition) is 4. The van der Waals surface area contributed by atoms with Crippen LogP contribution in [0.15, 0.2) is 42.5 Å². The zero-order chi connectivity index (χ0) is 22.5. The molecule has 6 heteroatoms. The van der Waals surface area contributed by atoms with Crippen molar-refractivity contribution in [1.82, 2.24) is 0 Å². The van der Waals surface area contributed by atoms with E-state index in [4.69, 9.17) is 4.74 Å². The van der Waals surface area contributed by atoms with Gasteiger partial charge in [-0.2, -0.15) is 0 Å². The van der Waals surface area contributed by atoms with Crippen molar-refractivity contribution >= 4 is 29.2 Å². The third-order valence-electron chi connectivity index (χ3n) is 5.46. The number of anilines is 2. The summed E-state index contributed by atoms with van der Waals surface area (Å²) in [7, 11) is 0. The summed E-state index contributed by atoms with van der Waals surface area (Å²) in [5.74, 6) is -1.04. The number of benzene rings is 2. The Morgan fingerprint density at radius 2 is 1.68 bits per heavy atom. The molecule has 0 spiro atoms. The van der Waals surface area contributed by atoms with Crippen molar-refractivity contribution in [3.63, 3.8) is 0 Å². The third kappa shape index (κ3) is 5.13. The smallest absolute Gasteiger partial charge is 0.338 e. The summed E-state index contributed by atoms with van der Waals surface area (Å²) in [6.07, 6.45) is 1.65. The molecule has 1 saturated heterocycles. The molecule has 0 unspecified atom stereocenters. The van der Waals surface area contributed by atoms with Crippen molar-refractivity contribution in [1.29, 1.82) is 0 Å². The summed E-state index contributed by atoms with van der Waals surface area (Å²) in [4.78, 5) is 39.3. The maximum absolute atomic E-state index is 12.8. The van der Waals surface area contributed by atoms with Gasteiger partial charge in [-0.3, -0.25) is 9.59 Å². The van der Waals surface area contributed by atoms with Gasteiger partial charge in [-0.1, -0.05) is 32.0 Å². The highest BCUT2D eigenvalue weighted by Crippen LogP contribution is 2.32. The Kier molecular flexibility index (Phi) is 7.10. The van der Waals surface area contributed by atoms with Crippen LogP contribution >= 0.6 is 0 Å². The van der Waals surface area contributed by atoms with Gasteiger partial charge in [0.25, 0.3) is 0 Å². The molecule has 3 rings (SSSR count). The predicted molar refractivity (Wildman–Crippen MR) is 121 cm³/mol. The van der Waals surface area contributed by atoms with Crippen molar-refractivity contribution in [2.24, 2.45) is 5.92 Å². The van der Waals surface area contributed by atoms with Gasteiger partial charge in [0, 0.05) is 24.3 Å². The molecule has 1 aliphatic rings. The van der Waals surface area contributed by atoms with Crippen LogP contribution in [0.1, 0.15) is 55.6 Å². The average Bonchev–Trinajstić information content (AvgIpc) is 3.14. The molecule has 2 amide bonds. The molecule has 6 nitrogen and oxygen atoms in total. The van der Waals surface area contributed by atoms with Gasteiger partial charge in [0.05, 0.1) is 17.6 Å². The number of aryl methyl sites for hydroxylation is 2. The minimum Gasteiger partial charge on any atom is -0.459 e. The SMILES string of the molecule is CCc1cccc(CC)c1N1C[C@@H](C(=O)Nc2ccc(C(=O)OC(C)C)cc2)CC1=O. The van der Waals surface area contributed by atoms with Crippen LogP contribution in [0.2, 0.25) is 0 Å². The predicted octanol–water partition coefficient (Wildman–Crippen LogP) is 4.37. The first kappa shape index (κ1) is 22.5. The molecule has 0 aromatic heterocycles. The molecule has 2 aromatic rings. The van der Waals surface area contributed by atoms with Crippen molar-refractivity contribution in [3.05, 3.63) is 59.2 Å². The fourth-order valence-electron chi connectivity index (χ4n) is 3.88. The molecule has 0 saturated carbocycles. The van der Waals surface area contributed by atoms with Gasteiger partial charge in [0.15, 0.2) is 0 Å². The van der Waals surface area contributed by atoms with E-state index >= 15 is 0 Å². The Hall–Kier alpha value is -3.15. The van der Waals surface area contributed by atoms with Crippen molar-refractivity contribution in [2.75, 3.05) is 16.8 Å². The zero-order valence-corrected chi connectivity index (χ0v) is 18.6. The Bertz CT molecular complexity index is 944. The highest BCUT2D eigenvalue weighted by molar-refractivity contribution is 6.04. The first-order valence-corrected chi connectivity index (χ1v) is 10.9. The third-order valence-corrected chi connectivity index (χ3v) is 5.46. The summed E-state index contributed by atoms with van der Waals surface area (Å²) in [6.45, 7) is 8.10. The summed E-state index contributed by atoms with van der Waals surface area (Å²) in [5, 5.41) is 2.87. The normalized spacial score (nSPS) is 16.0. The first-order valence-electron chi connectivity index (χ1n) is 10.9. The molecule has 164 valence electrons. The van der Waals surface area contributed by atoms with Crippen LogP contribution in [-0.4, -0.2) is 30.4 Å². The molecular weight excluding hydrogens is 392 g/mol. The summed E-state index contributed by atoms with van der Waals surface area (Å²) < 4.78 is 5.17. The lowest BCUT2D eigenvalue weighted by Gasteiger charge is -2.23. The quantitative estimate of drug-likeness (QED) is 0.673. The molecule has 0 radical (unpaired) electrons. The molecule has 1 fully saturated rings. The standard InChI is InChI=1S/C25H30N2O4/c1-5-17-8-7-9-18(6-2)23(17)27-15-20(14-22(27)28)24(29)26-21-12-10-19(11-13-21)25(30)31-16(3)4/h7-13,16,20H,5-6,14-15H2,1-4H3,(H,26,29)/t20-/m0/s1. The number of carbonyl (C=O) groups is 3. The van der Waals surface area contributed by atoms with E-state index < -0.39 is 11.9 Å². The van der Waals surface area contributed by atoms with Gasteiger partial charge in [-0.05, 0) is 62.1 Å². The molecular formula is C25H30N2O4. The number of carbonyl (C=O) groups excluding carboxylic acids is 3. The Morgan fingerprint density at radius 3 is 2.23 bits per heavy atom. The van der Waals surface area contributed by atoms with Gasteiger partial charge >= 0.3 is 5.97 Å². The Labute approximate surface area is 183 Å². The van der Waals surface area contributed by atoms with E-state index in [1.165, 1.54) is 0 Å². The molecule has 0 bridgehead atoms. The second kappa shape index (κ2) is 9.77. The van der Waals surface area contributed by atoms with Crippen LogP contribution in [0.5, 0.6) is 0 Å². The topological polar surface area (TPSA) is 75.7 Å². The maximum atomic E-state index is 12.8. The van der Waals surface area contributed by atoms with E-state index in [2.05, 4.69) is 19.2 Å². The van der Waals surface area contributed by atoms with Gasteiger partial charge < -0.3 is 15.0 Å². The van der Waals surface area contributed by atoms with Crippen LogP contribution in [0.4, 0.5) is 11.4 Å². The minimum absolute atomic E-state index is 0.0254. The molecule has 1 aliphatic heterocycles. The van der Waals surface area contributed by atoms with Crippen molar-refractivity contribution < 1.29 is 19.1 Å². The van der Waals surface area contributed by atoms with Gasteiger partial charge in [0.1, 0.15) is 0 Å². The number of esters is 1. The Balaban J connectivity index is 1.70. The fourth-order valence-corrected chi connectivity index (χ4v) is 3.88. The number of nitrogens with one attached hydrogen (secondary N) is 1. The number of ether oxygens (including phenoxy) is 1. The summed E-state index contributed by atoms with van der Waals surface area (Å²) in [5.41, 5.74) is 4.22. The van der Waals surface area contributed by atoms with Crippen LogP contribution in [-0.2, 0) is 27.2 Å². The Morgan fingerprint density at radius 1 is 1.06 bits per heavy atom. The van der Waals surface area contributed by atoms with Gasteiger partial charge in [-0.25, -0.2) is 4.79 Å². The minimum atomic E-state index is -0.423. The zero-order valence-electron chi connectivity index (χ0n) is 18.6. The number of para-hydroxylation sites is 1. The van der Waals surface area contributed by atoms with E-state index in [1.54, 1.807) is 43.0 Å². The number of rotatable bonds is 7. The van der Waals surface area contributed by atoms with E-state index in [9.17, 15) is 14.4 Å². The molecule has 2 aromatic carbocycles. The summed E-state index contributed by atoms with van der Waals surface area (Å²) in [6, 6.07) is 12.7. The fraction of sp³-hybridized carbons (Fsp3) is 0.400. The van der Waals surface area contributed by atoms with E-state index in [1.807, 2.05) is 18.2 Å². The molecule has 1 atom stereocenters. The first-order chi connectivity index (χ1) is 14.8. The second-order valence-corrected chi connectivity index (χ2v) is 8.06. The molecule has 1 N–H and O–H groups in total. The van der Waals surface area contributed by atoms with E-state index in [-0.39, 0.29) is 24.3 Å². The molecule has 1 heterocycles. The van der Waals surface area contributed by atoms with Crippen LogP contribution in [0, 0.1) is 5.92 Å². The van der Waals surface area contributed by atoms with Gasteiger partial charge in [-0.15, -0.1) is 0 Å². The number of amides is 2. The monoisotopic (exact) mass is 422 g/mol. The average molecular weight is 423 g/mol. The number of hydrogen-bond donors (Lipinski definition) is 1. The second-order valence-electron chi connectivity index (χ2n) is 8.06. The van der Waals surface area contributed by atoms with Crippen LogP contribution < -0.4 is 10.2 Å². The lowest BCUT2D eigenvalue weighted by molar-refractivity contribution is -0.122. The molecule has 0 aliphatic carbocycles. The maximum Gasteiger partial charge on any atom is 0.338 e. The van der Waals surface area contributed by atoms with Crippen molar-refractivity contribution in [2.45, 2.75) is 53.1 Å². The molecule has 31 heavy (non-hydrogen) atoms. The number of nitrogens with zero attached hydrogens (tertiary/aromatic N) is 1. The van der Waals surface area contributed by atoms with E-state index in [0.717, 1.165) is 29.7 Å². The lowest BCUT2D eigenvalue weighted by atomic mass is 10.0.